The molecule has 0 aromatic carbocycles. The Morgan fingerprint density at radius 2 is 2.26 bits per heavy atom. The van der Waals surface area contributed by atoms with Crippen molar-refractivity contribution in [1.29, 1.82) is 0 Å². The van der Waals surface area contributed by atoms with E-state index in [1.165, 1.54) is 12.8 Å². The van der Waals surface area contributed by atoms with Gasteiger partial charge >= 0.3 is 0 Å². The van der Waals surface area contributed by atoms with Crippen LogP contribution in [0.5, 0.6) is 0 Å². The molecule has 2 aliphatic rings. The second kappa shape index (κ2) is 5.21. The summed E-state index contributed by atoms with van der Waals surface area (Å²) >= 11 is 0. The molecule has 0 radical (unpaired) electrons. The van der Waals surface area contributed by atoms with E-state index in [1.807, 2.05) is 0 Å². The van der Waals surface area contributed by atoms with E-state index in [4.69, 9.17) is 9.26 Å². The van der Waals surface area contributed by atoms with Gasteiger partial charge in [-0.1, -0.05) is 12.1 Å². The monoisotopic (exact) mass is 265 g/mol. The number of rotatable bonds is 2. The summed E-state index contributed by atoms with van der Waals surface area (Å²) in [6, 6.07) is 0.206. The SMILES string of the molecule is CC1CCNC(c2nc(C3(C)CCCCO3)no2)C1. The van der Waals surface area contributed by atoms with Gasteiger partial charge in [0.15, 0.2) is 0 Å². The number of piperidine rings is 1. The Morgan fingerprint density at radius 3 is 3.00 bits per heavy atom. The minimum atomic E-state index is -0.361. The molecule has 3 atom stereocenters. The maximum Gasteiger partial charge on any atom is 0.243 e. The first kappa shape index (κ1) is 13.1. The van der Waals surface area contributed by atoms with Gasteiger partial charge in [-0.3, -0.25) is 0 Å². The van der Waals surface area contributed by atoms with Crippen LogP contribution in [0.1, 0.15) is 63.7 Å². The van der Waals surface area contributed by atoms with Crippen LogP contribution in [0, 0.1) is 5.92 Å². The summed E-state index contributed by atoms with van der Waals surface area (Å²) < 4.78 is 11.3. The molecule has 19 heavy (non-hydrogen) atoms. The van der Waals surface area contributed by atoms with E-state index < -0.39 is 0 Å². The first-order valence-electron chi connectivity index (χ1n) is 7.39. The van der Waals surface area contributed by atoms with Crippen LogP contribution in [0.15, 0.2) is 4.52 Å². The van der Waals surface area contributed by atoms with E-state index >= 15 is 0 Å². The Morgan fingerprint density at radius 1 is 1.37 bits per heavy atom. The van der Waals surface area contributed by atoms with Gasteiger partial charge in [0.1, 0.15) is 5.60 Å². The summed E-state index contributed by atoms with van der Waals surface area (Å²) in [5, 5.41) is 7.62. The largest absolute Gasteiger partial charge is 0.367 e. The van der Waals surface area contributed by atoms with Crippen molar-refractivity contribution in [3.8, 4) is 0 Å². The van der Waals surface area contributed by atoms with Gasteiger partial charge in [0.05, 0.1) is 6.04 Å². The van der Waals surface area contributed by atoms with Crippen LogP contribution in [0.25, 0.3) is 0 Å². The molecule has 0 bridgehead atoms. The van der Waals surface area contributed by atoms with Gasteiger partial charge in [0.25, 0.3) is 0 Å². The zero-order valence-corrected chi connectivity index (χ0v) is 11.8. The van der Waals surface area contributed by atoms with E-state index in [9.17, 15) is 0 Å². The Kier molecular flexibility index (Phi) is 3.58. The van der Waals surface area contributed by atoms with Crippen LogP contribution in [-0.4, -0.2) is 23.3 Å². The highest BCUT2D eigenvalue weighted by Gasteiger charge is 2.36. The van der Waals surface area contributed by atoms with Gasteiger partial charge in [-0.15, -0.1) is 0 Å². The molecule has 2 fully saturated rings. The summed E-state index contributed by atoms with van der Waals surface area (Å²) in [4.78, 5) is 4.60. The normalized spacial score (nSPS) is 36.3. The van der Waals surface area contributed by atoms with Gasteiger partial charge in [-0.2, -0.15) is 4.98 Å². The molecule has 0 saturated carbocycles. The molecule has 0 amide bonds. The lowest BCUT2D eigenvalue weighted by Gasteiger charge is -2.30. The van der Waals surface area contributed by atoms with Gasteiger partial charge in [-0.25, -0.2) is 0 Å². The fourth-order valence-electron chi connectivity index (χ4n) is 3.00. The van der Waals surface area contributed by atoms with Crippen LogP contribution in [0.3, 0.4) is 0 Å². The van der Waals surface area contributed by atoms with Crippen LogP contribution < -0.4 is 5.32 Å². The fourth-order valence-corrected chi connectivity index (χ4v) is 3.00. The molecule has 106 valence electrons. The lowest BCUT2D eigenvalue weighted by Crippen LogP contribution is -2.32. The first-order chi connectivity index (χ1) is 9.17. The van der Waals surface area contributed by atoms with Crippen LogP contribution in [0.4, 0.5) is 0 Å². The van der Waals surface area contributed by atoms with Crippen molar-refractivity contribution >= 4 is 0 Å². The third kappa shape index (κ3) is 2.67. The number of hydrogen-bond acceptors (Lipinski definition) is 5. The molecular formula is C14H23N3O2. The van der Waals surface area contributed by atoms with Crippen LogP contribution in [0.2, 0.25) is 0 Å². The highest BCUT2D eigenvalue weighted by atomic mass is 16.5. The summed E-state index contributed by atoms with van der Waals surface area (Å²) in [6.45, 7) is 6.16. The third-order valence-corrected chi connectivity index (χ3v) is 4.35. The number of aromatic nitrogens is 2. The Labute approximate surface area is 114 Å². The minimum Gasteiger partial charge on any atom is -0.367 e. The molecule has 1 aromatic rings. The molecule has 5 heteroatoms. The van der Waals surface area contributed by atoms with Crippen molar-refractivity contribution in [2.24, 2.45) is 5.92 Å². The topological polar surface area (TPSA) is 60.2 Å². The van der Waals surface area contributed by atoms with Crippen molar-refractivity contribution in [2.45, 2.75) is 57.6 Å². The van der Waals surface area contributed by atoms with Crippen molar-refractivity contribution in [3.63, 3.8) is 0 Å². The van der Waals surface area contributed by atoms with E-state index in [2.05, 4.69) is 29.3 Å². The zero-order valence-electron chi connectivity index (χ0n) is 11.8. The van der Waals surface area contributed by atoms with E-state index in [-0.39, 0.29) is 11.6 Å². The van der Waals surface area contributed by atoms with Crippen LogP contribution in [-0.2, 0) is 10.3 Å². The van der Waals surface area contributed by atoms with Gasteiger partial charge in [0, 0.05) is 6.61 Å². The Bertz CT molecular complexity index is 426. The average molecular weight is 265 g/mol. The van der Waals surface area contributed by atoms with E-state index in [0.29, 0.717) is 11.7 Å². The smallest absolute Gasteiger partial charge is 0.243 e. The van der Waals surface area contributed by atoms with Crippen LogP contribution >= 0.6 is 0 Å². The summed E-state index contributed by atoms with van der Waals surface area (Å²) in [7, 11) is 0. The molecule has 3 rings (SSSR count). The molecule has 1 N–H and O–H groups in total. The highest BCUT2D eigenvalue weighted by Crippen LogP contribution is 2.34. The molecule has 0 aliphatic carbocycles. The highest BCUT2D eigenvalue weighted by molar-refractivity contribution is 5.03. The average Bonchev–Trinajstić information content (AvgIpc) is 2.90. The predicted octanol–water partition coefficient (Wildman–Crippen LogP) is 2.55. The van der Waals surface area contributed by atoms with Crippen molar-refractivity contribution in [3.05, 3.63) is 11.7 Å². The standard InChI is InChI=1S/C14H23N3O2/c1-10-5-7-15-11(9-10)12-16-13(17-19-12)14(2)6-3-4-8-18-14/h10-11,15H,3-9H2,1-2H3. The molecule has 3 heterocycles. The summed E-state index contributed by atoms with van der Waals surface area (Å²) in [6.07, 6.45) is 5.55. The zero-order chi connectivity index (χ0) is 13.3. The quantitative estimate of drug-likeness (QED) is 0.890. The Hall–Kier alpha value is -0.940. The molecule has 5 nitrogen and oxygen atoms in total. The van der Waals surface area contributed by atoms with Crippen molar-refractivity contribution < 1.29 is 9.26 Å². The summed E-state index contributed by atoms with van der Waals surface area (Å²) in [5.74, 6) is 2.14. The van der Waals surface area contributed by atoms with Gasteiger partial charge in [-0.05, 0) is 51.5 Å². The molecule has 1 aromatic heterocycles. The fraction of sp³-hybridized carbons (Fsp3) is 0.857. The lowest BCUT2D eigenvalue weighted by atomic mass is 9.94. The van der Waals surface area contributed by atoms with Gasteiger partial charge in [0.2, 0.25) is 11.7 Å². The molecule has 2 saturated heterocycles. The van der Waals surface area contributed by atoms with Gasteiger partial charge < -0.3 is 14.6 Å². The molecular weight excluding hydrogens is 242 g/mol. The molecule has 2 aliphatic heterocycles. The second-order valence-corrected chi connectivity index (χ2v) is 6.13. The summed E-state index contributed by atoms with van der Waals surface area (Å²) in [5.41, 5.74) is -0.361. The molecule has 3 unspecified atom stereocenters. The first-order valence-corrected chi connectivity index (χ1v) is 7.39. The minimum absolute atomic E-state index is 0.206. The molecule has 0 spiro atoms. The third-order valence-electron chi connectivity index (χ3n) is 4.35. The van der Waals surface area contributed by atoms with E-state index in [1.54, 1.807) is 0 Å². The van der Waals surface area contributed by atoms with Crippen molar-refractivity contribution in [2.75, 3.05) is 13.2 Å². The maximum atomic E-state index is 5.87. The second-order valence-electron chi connectivity index (χ2n) is 6.13. The predicted molar refractivity (Wildman–Crippen MR) is 70.6 cm³/mol. The number of nitrogens with zero attached hydrogens (tertiary/aromatic N) is 2. The lowest BCUT2D eigenvalue weighted by molar-refractivity contribution is -0.0770. The number of ether oxygens (including phenoxy) is 1. The van der Waals surface area contributed by atoms with Crippen molar-refractivity contribution in [1.82, 2.24) is 15.5 Å². The maximum absolute atomic E-state index is 5.87. The number of hydrogen-bond donors (Lipinski definition) is 1. The van der Waals surface area contributed by atoms with E-state index in [0.717, 1.165) is 38.3 Å². The Balaban J connectivity index is 1.75. The number of nitrogens with one attached hydrogen (secondary N) is 1.